The van der Waals surface area contributed by atoms with E-state index in [9.17, 15) is 13.6 Å². The first kappa shape index (κ1) is 15.2. The summed E-state index contributed by atoms with van der Waals surface area (Å²) in [6.07, 6.45) is 0.160. The van der Waals surface area contributed by atoms with Crippen LogP contribution in [0.25, 0.3) is 11.0 Å². The van der Waals surface area contributed by atoms with Crippen LogP contribution in [0.1, 0.15) is 20.3 Å². The van der Waals surface area contributed by atoms with Crippen molar-refractivity contribution in [3.63, 3.8) is 0 Å². The van der Waals surface area contributed by atoms with E-state index in [0.29, 0.717) is 13.1 Å². The highest BCUT2D eigenvalue weighted by Crippen LogP contribution is 2.23. The van der Waals surface area contributed by atoms with E-state index >= 15 is 0 Å². The molecule has 0 aliphatic rings. The van der Waals surface area contributed by atoms with E-state index < -0.39 is 11.6 Å². The lowest BCUT2D eigenvalue weighted by molar-refractivity contribution is -0.131. The van der Waals surface area contributed by atoms with Crippen molar-refractivity contribution >= 4 is 22.9 Å². The first-order valence-corrected chi connectivity index (χ1v) is 6.87. The number of nitrogen functional groups attached to an aromatic ring is 1. The van der Waals surface area contributed by atoms with Gasteiger partial charge in [-0.1, -0.05) is 0 Å². The third-order valence-corrected chi connectivity index (χ3v) is 3.49. The lowest BCUT2D eigenvalue weighted by atomic mass is 10.2. The highest BCUT2D eigenvalue weighted by molar-refractivity contribution is 5.80. The lowest BCUT2D eigenvalue weighted by Crippen LogP contribution is -2.31. The number of halogens is 2. The van der Waals surface area contributed by atoms with Crippen molar-refractivity contribution in [2.75, 3.05) is 18.8 Å². The minimum atomic E-state index is -0.994. The second kappa shape index (κ2) is 6.07. The van der Waals surface area contributed by atoms with Gasteiger partial charge >= 0.3 is 0 Å². The molecule has 114 valence electrons. The molecule has 0 aliphatic heterocycles. The number of carbonyl (C=O) groups excluding carboxylic acids is 1. The van der Waals surface area contributed by atoms with Crippen LogP contribution in [0.15, 0.2) is 12.1 Å². The highest BCUT2D eigenvalue weighted by Gasteiger charge is 2.17. The van der Waals surface area contributed by atoms with Gasteiger partial charge in [-0.05, 0) is 26.0 Å². The fourth-order valence-electron chi connectivity index (χ4n) is 2.34. The van der Waals surface area contributed by atoms with Gasteiger partial charge in [0.1, 0.15) is 5.52 Å². The molecule has 2 rings (SSSR count). The summed E-state index contributed by atoms with van der Waals surface area (Å²) in [5.74, 6) is -1.94. The average molecular weight is 296 g/mol. The maximum absolute atomic E-state index is 13.9. The van der Waals surface area contributed by atoms with Crippen LogP contribution in [0.4, 0.5) is 14.7 Å². The predicted molar refractivity (Wildman–Crippen MR) is 76.6 cm³/mol. The first-order chi connectivity index (χ1) is 9.99. The molecule has 2 N–H and O–H groups in total. The molecule has 0 saturated carbocycles. The first-order valence-electron chi connectivity index (χ1n) is 6.87. The van der Waals surface area contributed by atoms with Crippen molar-refractivity contribution in [3.8, 4) is 0 Å². The van der Waals surface area contributed by atoms with Gasteiger partial charge in [0.15, 0.2) is 11.6 Å². The van der Waals surface area contributed by atoms with Gasteiger partial charge in [-0.25, -0.2) is 13.8 Å². The molecule has 0 saturated heterocycles. The number of nitrogens with zero attached hydrogens (tertiary/aromatic N) is 3. The van der Waals surface area contributed by atoms with Crippen LogP contribution in [0, 0.1) is 11.6 Å². The Morgan fingerprint density at radius 1 is 1.33 bits per heavy atom. The van der Waals surface area contributed by atoms with E-state index in [2.05, 4.69) is 4.98 Å². The van der Waals surface area contributed by atoms with E-state index in [1.165, 1.54) is 10.6 Å². The molecular formula is C14H18F2N4O. The molecule has 7 heteroatoms. The monoisotopic (exact) mass is 296 g/mol. The molecule has 1 amide bonds. The molecule has 21 heavy (non-hydrogen) atoms. The predicted octanol–water partition coefficient (Wildman–Crippen LogP) is 2.16. The molecule has 0 unspecified atom stereocenters. The van der Waals surface area contributed by atoms with Gasteiger partial charge in [0.25, 0.3) is 0 Å². The van der Waals surface area contributed by atoms with Crippen molar-refractivity contribution in [1.82, 2.24) is 14.5 Å². The number of rotatable bonds is 5. The third-order valence-electron chi connectivity index (χ3n) is 3.49. The number of fused-ring (bicyclic) bond motifs is 1. The SMILES string of the molecule is CCN(CC)C(=O)CCn1c(N)nc2ccc(F)c(F)c21. The zero-order valence-corrected chi connectivity index (χ0v) is 12.1. The van der Waals surface area contributed by atoms with Crippen LogP contribution in [0.3, 0.4) is 0 Å². The topological polar surface area (TPSA) is 64.2 Å². The zero-order chi connectivity index (χ0) is 15.6. The quantitative estimate of drug-likeness (QED) is 0.919. The Balaban J connectivity index is 2.28. The number of benzene rings is 1. The van der Waals surface area contributed by atoms with Crippen molar-refractivity contribution < 1.29 is 13.6 Å². The summed E-state index contributed by atoms with van der Waals surface area (Å²) in [6, 6.07) is 2.38. The van der Waals surface area contributed by atoms with Crippen LogP contribution in [-0.4, -0.2) is 33.4 Å². The molecule has 2 aromatic rings. The summed E-state index contributed by atoms with van der Waals surface area (Å²) >= 11 is 0. The second-order valence-corrected chi connectivity index (χ2v) is 4.67. The van der Waals surface area contributed by atoms with Gasteiger partial charge in [0, 0.05) is 26.1 Å². The molecule has 0 aliphatic carbocycles. The van der Waals surface area contributed by atoms with Gasteiger partial charge in [-0.2, -0.15) is 0 Å². The molecule has 0 spiro atoms. The number of aromatic nitrogens is 2. The van der Waals surface area contributed by atoms with Crippen molar-refractivity contribution in [3.05, 3.63) is 23.8 Å². The van der Waals surface area contributed by atoms with Crippen molar-refractivity contribution in [1.29, 1.82) is 0 Å². The average Bonchev–Trinajstić information content (AvgIpc) is 2.78. The summed E-state index contributed by atoms with van der Waals surface area (Å²) in [6.45, 7) is 5.16. The third kappa shape index (κ3) is 2.81. The molecule has 1 aromatic heterocycles. The van der Waals surface area contributed by atoms with Gasteiger partial charge in [-0.15, -0.1) is 0 Å². The number of carbonyl (C=O) groups is 1. The molecule has 0 atom stereocenters. The Kier molecular flexibility index (Phi) is 4.40. The van der Waals surface area contributed by atoms with Crippen molar-refractivity contribution in [2.45, 2.75) is 26.8 Å². The number of hydrogen-bond acceptors (Lipinski definition) is 3. The summed E-state index contributed by atoms with van der Waals surface area (Å²) < 4.78 is 28.6. The summed E-state index contributed by atoms with van der Waals surface area (Å²) in [4.78, 5) is 17.6. The fourth-order valence-corrected chi connectivity index (χ4v) is 2.34. The fraction of sp³-hybridized carbons (Fsp3) is 0.429. The van der Waals surface area contributed by atoms with E-state index in [4.69, 9.17) is 5.73 Å². The highest BCUT2D eigenvalue weighted by atomic mass is 19.2. The summed E-state index contributed by atoms with van der Waals surface area (Å²) in [5, 5.41) is 0. The summed E-state index contributed by atoms with van der Waals surface area (Å²) in [5.41, 5.74) is 6.02. The molecule has 0 fully saturated rings. The van der Waals surface area contributed by atoms with Crippen LogP contribution in [0.2, 0.25) is 0 Å². The summed E-state index contributed by atoms with van der Waals surface area (Å²) in [7, 11) is 0. The number of amides is 1. The van der Waals surface area contributed by atoms with E-state index in [-0.39, 0.29) is 35.9 Å². The van der Waals surface area contributed by atoms with Gasteiger partial charge in [0.05, 0.1) is 5.52 Å². The Bertz CT molecular complexity index is 665. The maximum Gasteiger partial charge on any atom is 0.224 e. The normalized spacial score (nSPS) is 11.0. The molecule has 0 bridgehead atoms. The largest absolute Gasteiger partial charge is 0.369 e. The van der Waals surface area contributed by atoms with Crippen LogP contribution in [-0.2, 0) is 11.3 Å². The molecular weight excluding hydrogens is 278 g/mol. The lowest BCUT2D eigenvalue weighted by Gasteiger charge is -2.18. The Hall–Kier alpha value is -2.18. The second-order valence-electron chi connectivity index (χ2n) is 4.67. The molecule has 5 nitrogen and oxygen atoms in total. The molecule has 1 heterocycles. The minimum Gasteiger partial charge on any atom is -0.369 e. The number of hydrogen-bond donors (Lipinski definition) is 1. The number of aryl methyl sites for hydroxylation is 1. The number of anilines is 1. The zero-order valence-electron chi connectivity index (χ0n) is 12.1. The van der Waals surface area contributed by atoms with Crippen LogP contribution < -0.4 is 5.73 Å². The standard InChI is InChI=1S/C14H18F2N4O/c1-3-19(4-2)11(21)7-8-20-13-10(18-14(20)17)6-5-9(15)12(13)16/h5-6H,3-4,7-8H2,1-2H3,(H2,17,18). The molecule has 0 radical (unpaired) electrons. The number of imidazole rings is 1. The number of nitrogens with two attached hydrogens (primary N) is 1. The van der Waals surface area contributed by atoms with Gasteiger partial charge in [0.2, 0.25) is 11.9 Å². The van der Waals surface area contributed by atoms with E-state index in [1.807, 2.05) is 13.8 Å². The minimum absolute atomic E-state index is 0.000142. The van der Waals surface area contributed by atoms with E-state index in [1.54, 1.807) is 4.90 Å². The van der Waals surface area contributed by atoms with Crippen molar-refractivity contribution in [2.24, 2.45) is 0 Å². The Morgan fingerprint density at radius 3 is 2.62 bits per heavy atom. The molecule has 1 aromatic carbocycles. The van der Waals surface area contributed by atoms with Gasteiger partial charge in [-0.3, -0.25) is 4.79 Å². The van der Waals surface area contributed by atoms with Crippen LogP contribution in [0.5, 0.6) is 0 Å². The smallest absolute Gasteiger partial charge is 0.224 e. The Labute approximate surface area is 121 Å². The Morgan fingerprint density at radius 2 is 2.00 bits per heavy atom. The van der Waals surface area contributed by atoms with E-state index in [0.717, 1.165) is 6.07 Å². The van der Waals surface area contributed by atoms with Crippen LogP contribution >= 0.6 is 0 Å². The van der Waals surface area contributed by atoms with Gasteiger partial charge < -0.3 is 15.2 Å². The maximum atomic E-state index is 13.9.